The van der Waals surface area contributed by atoms with Crippen LogP contribution in [0.5, 0.6) is 5.75 Å². The molecule has 9 heteroatoms. The number of ether oxygens (including phenoxy) is 3. The van der Waals surface area contributed by atoms with Crippen molar-refractivity contribution < 1.29 is 31.2 Å². The second-order valence-electron chi connectivity index (χ2n) is 11.6. The monoisotopic (exact) mass is 590 g/mol. The van der Waals surface area contributed by atoms with Gasteiger partial charge in [0.05, 0.1) is 39.8 Å². The highest BCUT2D eigenvalue weighted by Crippen LogP contribution is 2.36. The zero-order valence-corrected chi connectivity index (χ0v) is 27.0. The largest absolute Gasteiger partial charge is 0.497 e. The minimum atomic E-state index is -3.81. The van der Waals surface area contributed by atoms with E-state index in [9.17, 15) is 8.42 Å². The number of benzene rings is 2. The molecule has 0 saturated carbocycles. The fourth-order valence-corrected chi connectivity index (χ4v) is 4.93. The Morgan fingerprint density at radius 2 is 1.55 bits per heavy atom. The van der Waals surface area contributed by atoms with E-state index in [2.05, 4.69) is 45.7 Å². The van der Waals surface area contributed by atoms with Crippen molar-refractivity contribution in [1.82, 2.24) is 0 Å². The van der Waals surface area contributed by atoms with Gasteiger partial charge in [0, 0.05) is 6.42 Å². The summed E-state index contributed by atoms with van der Waals surface area (Å²) in [5.74, 6) is 7.04. The van der Waals surface area contributed by atoms with E-state index < -0.39 is 30.6 Å². The highest BCUT2D eigenvalue weighted by Gasteiger charge is 2.39. The summed E-state index contributed by atoms with van der Waals surface area (Å²) in [6.07, 6.45) is -0.192. The van der Waals surface area contributed by atoms with E-state index in [1.807, 2.05) is 61.5 Å². The summed E-state index contributed by atoms with van der Waals surface area (Å²) in [4.78, 5) is 0. The van der Waals surface area contributed by atoms with Crippen molar-refractivity contribution >= 4 is 18.4 Å². The molecule has 2 aromatic carbocycles. The zero-order valence-electron chi connectivity index (χ0n) is 25.2. The third-order valence-corrected chi connectivity index (χ3v) is 11.9. The van der Waals surface area contributed by atoms with Crippen LogP contribution in [0.1, 0.15) is 45.2 Å². The lowest BCUT2D eigenvalue weighted by Crippen LogP contribution is -2.45. The third kappa shape index (κ3) is 12.5. The number of hydrogen-bond acceptors (Lipinski definition) is 7. The smallest absolute Gasteiger partial charge is 0.265 e. The molecule has 0 radical (unpaired) electrons. The van der Waals surface area contributed by atoms with Crippen LogP contribution in [-0.4, -0.2) is 55.5 Å². The molecule has 0 aromatic heterocycles. The molecular weight excluding hydrogens is 544 g/mol. The van der Waals surface area contributed by atoms with E-state index in [1.165, 1.54) is 0 Å². The Labute approximate surface area is 242 Å². The molecule has 0 amide bonds. The average molecular weight is 591 g/mol. The van der Waals surface area contributed by atoms with Crippen LogP contribution in [0.3, 0.4) is 0 Å². The minimum absolute atomic E-state index is 0.0262. The van der Waals surface area contributed by atoms with Gasteiger partial charge in [-0.2, -0.15) is 8.42 Å². The molecule has 0 aliphatic heterocycles. The maximum atomic E-state index is 12.2. The van der Waals surface area contributed by atoms with Gasteiger partial charge in [0.2, 0.25) is 0 Å². The predicted molar refractivity (Wildman–Crippen MR) is 162 cm³/mol. The molecule has 0 unspecified atom stereocenters. The molecular formula is C31H46O7SSi. The van der Waals surface area contributed by atoms with Crippen molar-refractivity contribution in [2.45, 2.75) is 77.7 Å². The maximum Gasteiger partial charge on any atom is 0.265 e. The molecule has 2 aromatic rings. The van der Waals surface area contributed by atoms with Crippen molar-refractivity contribution in [2.75, 3.05) is 26.6 Å². The molecule has 0 N–H and O–H groups in total. The molecule has 3 atom stereocenters. The lowest BCUT2D eigenvalue weighted by atomic mass is 10.1. The first-order valence-corrected chi connectivity index (χ1v) is 18.3. The molecule has 0 aliphatic rings. The second kappa shape index (κ2) is 15.7. The molecule has 0 aliphatic carbocycles. The van der Waals surface area contributed by atoms with Gasteiger partial charge in [-0.1, -0.05) is 76.1 Å². The molecule has 40 heavy (non-hydrogen) atoms. The molecule has 0 heterocycles. The van der Waals surface area contributed by atoms with Crippen LogP contribution < -0.4 is 4.74 Å². The van der Waals surface area contributed by atoms with Gasteiger partial charge >= 0.3 is 0 Å². The van der Waals surface area contributed by atoms with Crippen molar-refractivity contribution in [1.29, 1.82) is 0 Å². The lowest BCUT2D eigenvalue weighted by molar-refractivity contribution is -0.0385. The molecule has 0 saturated heterocycles. The van der Waals surface area contributed by atoms with E-state index >= 15 is 0 Å². The third-order valence-electron chi connectivity index (χ3n) is 6.86. The highest BCUT2D eigenvalue weighted by molar-refractivity contribution is 7.86. The lowest BCUT2D eigenvalue weighted by Gasteiger charge is -2.37. The summed E-state index contributed by atoms with van der Waals surface area (Å²) >= 11 is 0. The number of methoxy groups -OCH3 is 1. The van der Waals surface area contributed by atoms with Gasteiger partial charge in [0.15, 0.2) is 14.4 Å². The molecule has 0 fully saturated rings. The summed E-state index contributed by atoms with van der Waals surface area (Å²) < 4.78 is 53.6. The van der Waals surface area contributed by atoms with Crippen molar-refractivity contribution in [3.63, 3.8) is 0 Å². The molecule has 0 spiro atoms. The zero-order chi connectivity index (χ0) is 29.8. The van der Waals surface area contributed by atoms with Crippen LogP contribution in [0, 0.1) is 17.8 Å². The van der Waals surface area contributed by atoms with Crippen LogP contribution in [0.4, 0.5) is 0 Å². The normalized spacial score (nSPS) is 14.6. The fourth-order valence-electron chi connectivity index (χ4n) is 3.37. The topological polar surface area (TPSA) is 80.3 Å². The van der Waals surface area contributed by atoms with Crippen LogP contribution in [-0.2, 0) is 41.4 Å². The van der Waals surface area contributed by atoms with Crippen LogP contribution in [0.25, 0.3) is 0 Å². The predicted octanol–water partition coefficient (Wildman–Crippen LogP) is 6.19. The number of rotatable bonds is 15. The summed E-state index contributed by atoms with van der Waals surface area (Å²) in [7, 11) is -4.34. The summed E-state index contributed by atoms with van der Waals surface area (Å²) in [6, 6.07) is 17.5. The Bertz CT molecular complexity index is 1180. The van der Waals surface area contributed by atoms with Crippen molar-refractivity contribution in [2.24, 2.45) is 5.92 Å². The van der Waals surface area contributed by atoms with Crippen LogP contribution >= 0.6 is 0 Å². The first-order chi connectivity index (χ1) is 18.7. The quantitative estimate of drug-likeness (QED) is 0.139. The van der Waals surface area contributed by atoms with Crippen molar-refractivity contribution in [3.05, 3.63) is 65.7 Å². The van der Waals surface area contributed by atoms with Gasteiger partial charge in [-0.15, -0.1) is 5.92 Å². The van der Waals surface area contributed by atoms with Gasteiger partial charge in [-0.3, -0.25) is 4.18 Å². The molecule has 7 nitrogen and oxygen atoms in total. The molecule has 0 bridgehead atoms. The van der Waals surface area contributed by atoms with Gasteiger partial charge < -0.3 is 18.6 Å². The standard InChI is InChI=1S/C31H46O7SSi/c1-25(21-35-22-26-14-10-9-11-15-26)13-12-16-29(38-39(6,32)33)30(24-37-40(7,8)31(2,3)4)36-23-27-17-19-28(34-5)20-18-27/h9-11,14-15,17-20,25,29-30H,13,21-24H2,1-8H3/t25-,29-,30+/m1/s1. The van der Waals surface area contributed by atoms with E-state index in [0.29, 0.717) is 19.6 Å². The fraction of sp³-hybridized carbons (Fsp3) is 0.548. The van der Waals surface area contributed by atoms with E-state index in [-0.39, 0.29) is 24.2 Å². The van der Waals surface area contributed by atoms with Gasteiger partial charge in [-0.25, -0.2) is 0 Å². The van der Waals surface area contributed by atoms with Crippen LogP contribution in [0.15, 0.2) is 54.6 Å². The van der Waals surface area contributed by atoms with Crippen molar-refractivity contribution in [3.8, 4) is 17.6 Å². The summed E-state index contributed by atoms with van der Waals surface area (Å²) in [5, 5.41) is -0.0262. The second-order valence-corrected chi connectivity index (χ2v) is 18.0. The van der Waals surface area contributed by atoms with Crippen LogP contribution in [0.2, 0.25) is 18.1 Å². The Morgan fingerprint density at radius 1 is 0.925 bits per heavy atom. The number of hydrogen-bond donors (Lipinski definition) is 0. The minimum Gasteiger partial charge on any atom is -0.497 e. The average Bonchev–Trinajstić information content (AvgIpc) is 2.88. The van der Waals surface area contributed by atoms with E-state index in [1.54, 1.807) is 7.11 Å². The Balaban J connectivity index is 2.15. The highest BCUT2D eigenvalue weighted by atomic mass is 32.2. The SMILES string of the molecule is COc1ccc(CO[C@@H](CO[Si](C)(C)C(C)(C)C)[C@@H](C#CC[C@@H](C)COCc2ccccc2)OS(C)(=O)=O)cc1. The summed E-state index contributed by atoms with van der Waals surface area (Å²) in [5.41, 5.74) is 2.02. The Hall–Kier alpha value is -2.19. The first-order valence-electron chi connectivity index (χ1n) is 13.6. The van der Waals surface area contributed by atoms with Gasteiger partial charge in [-0.05, 0) is 47.3 Å². The maximum absolute atomic E-state index is 12.2. The van der Waals surface area contributed by atoms with E-state index in [4.69, 9.17) is 22.8 Å². The summed E-state index contributed by atoms with van der Waals surface area (Å²) in [6.45, 7) is 14.3. The molecule has 2 rings (SSSR count). The van der Waals surface area contributed by atoms with Gasteiger partial charge in [0.1, 0.15) is 11.9 Å². The Kier molecular flexibility index (Phi) is 13.4. The first kappa shape index (κ1) is 34.0. The Morgan fingerprint density at radius 3 is 2.12 bits per heavy atom. The van der Waals surface area contributed by atoms with Gasteiger partial charge in [0.25, 0.3) is 10.1 Å². The molecule has 222 valence electrons. The van der Waals surface area contributed by atoms with E-state index in [0.717, 1.165) is 23.1 Å².